The number of hydrogen-bond acceptors (Lipinski definition) is 4. The van der Waals surface area contributed by atoms with Crippen LogP contribution in [0, 0.1) is 20.8 Å². The predicted molar refractivity (Wildman–Crippen MR) is 80.4 cm³/mol. The first-order chi connectivity index (χ1) is 9.93. The number of esters is 1. The minimum absolute atomic E-state index is 0.0248. The topological polar surface area (TPSA) is 64.6 Å². The lowest BCUT2D eigenvalue weighted by atomic mass is 10.1. The van der Waals surface area contributed by atoms with Crippen LogP contribution in [-0.2, 0) is 14.3 Å². The van der Waals surface area contributed by atoms with E-state index in [1.807, 2.05) is 32.9 Å². The summed E-state index contributed by atoms with van der Waals surface area (Å²) >= 11 is 0. The van der Waals surface area contributed by atoms with Crippen molar-refractivity contribution in [3.05, 3.63) is 28.8 Å². The van der Waals surface area contributed by atoms with Crippen LogP contribution >= 0.6 is 0 Å². The van der Waals surface area contributed by atoms with E-state index in [9.17, 15) is 9.59 Å². The van der Waals surface area contributed by atoms with Gasteiger partial charge in [-0.1, -0.05) is 17.7 Å². The standard InChI is InChI=1S/C16H23NO4/c1-11-8-12(2)16(13(3)9-11)21-10-14(18)17-7-5-6-15(19)20-4/h8-9H,5-7,10H2,1-4H3,(H,17,18). The van der Waals surface area contributed by atoms with Crippen molar-refractivity contribution in [1.29, 1.82) is 0 Å². The summed E-state index contributed by atoms with van der Waals surface area (Å²) < 4.78 is 10.1. The minimum atomic E-state index is -0.272. The molecule has 1 aromatic rings. The van der Waals surface area contributed by atoms with Crippen LogP contribution in [0.3, 0.4) is 0 Å². The second kappa shape index (κ2) is 8.29. The maximum Gasteiger partial charge on any atom is 0.305 e. The lowest BCUT2D eigenvalue weighted by molar-refractivity contribution is -0.140. The number of benzene rings is 1. The molecule has 0 fully saturated rings. The molecule has 0 aliphatic carbocycles. The van der Waals surface area contributed by atoms with Crippen LogP contribution in [0.2, 0.25) is 0 Å². The number of rotatable bonds is 7. The summed E-state index contributed by atoms with van der Waals surface area (Å²) in [5, 5.41) is 2.71. The van der Waals surface area contributed by atoms with Crippen molar-refractivity contribution in [3.63, 3.8) is 0 Å². The molecule has 0 aromatic heterocycles. The van der Waals surface area contributed by atoms with Crippen molar-refractivity contribution in [2.45, 2.75) is 33.6 Å². The molecule has 0 bridgehead atoms. The summed E-state index contributed by atoms with van der Waals surface area (Å²) in [4.78, 5) is 22.6. The van der Waals surface area contributed by atoms with E-state index < -0.39 is 0 Å². The van der Waals surface area contributed by atoms with Gasteiger partial charge in [0.05, 0.1) is 7.11 Å². The Labute approximate surface area is 125 Å². The largest absolute Gasteiger partial charge is 0.483 e. The fourth-order valence-corrected chi connectivity index (χ4v) is 2.15. The monoisotopic (exact) mass is 293 g/mol. The average molecular weight is 293 g/mol. The molecular formula is C16H23NO4. The highest BCUT2D eigenvalue weighted by Gasteiger charge is 2.08. The maximum atomic E-state index is 11.7. The zero-order chi connectivity index (χ0) is 15.8. The lowest BCUT2D eigenvalue weighted by Crippen LogP contribution is -2.30. The molecule has 0 atom stereocenters. The maximum absolute atomic E-state index is 11.7. The normalized spacial score (nSPS) is 10.1. The van der Waals surface area contributed by atoms with Crippen LogP contribution in [0.5, 0.6) is 5.75 Å². The Morgan fingerprint density at radius 3 is 2.33 bits per heavy atom. The highest BCUT2D eigenvalue weighted by atomic mass is 16.5. The van der Waals surface area contributed by atoms with E-state index in [2.05, 4.69) is 10.1 Å². The third kappa shape index (κ3) is 5.85. The zero-order valence-corrected chi connectivity index (χ0v) is 13.1. The number of methoxy groups -OCH3 is 1. The number of carbonyl (C=O) groups excluding carboxylic acids is 2. The van der Waals surface area contributed by atoms with E-state index >= 15 is 0 Å². The molecule has 1 amide bonds. The van der Waals surface area contributed by atoms with Crippen LogP contribution in [0.25, 0.3) is 0 Å². The lowest BCUT2D eigenvalue weighted by Gasteiger charge is -2.13. The molecule has 0 heterocycles. The van der Waals surface area contributed by atoms with E-state index in [1.165, 1.54) is 12.7 Å². The summed E-state index contributed by atoms with van der Waals surface area (Å²) in [7, 11) is 1.35. The summed E-state index contributed by atoms with van der Waals surface area (Å²) in [5.41, 5.74) is 3.21. The fraction of sp³-hybridized carbons (Fsp3) is 0.500. The highest BCUT2D eigenvalue weighted by Crippen LogP contribution is 2.24. The molecule has 0 aliphatic heterocycles. The van der Waals surface area contributed by atoms with E-state index in [-0.39, 0.29) is 18.5 Å². The first-order valence-corrected chi connectivity index (χ1v) is 6.98. The zero-order valence-electron chi connectivity index (χ0n) is 13.1. The molecule has 5 nitrogen and oxygen atoms in total. The molecule has 0 saturated carbocycles. The molecule has 1 rings (SSSR count). The molecule has 0 spiro atoms. The van der Waals surface area contributed by atoms with Crippen molar-refractivity contribution >= 4 is 11.9 Å². The van der Waals surface area contributed by atoms with Crippen LogP contribution in [0.15, 0.2) is 12.1 Å². The van der Waals surface area contributed by atoms with Gasteiger partial charge in [-0.3, -0.25) is 9.59 Å². The van der Waals surface area contributed by atoms with Crippen molar-refractivity contribution in [2.24, 2.45) is 0 Å². The molecule has 0 radical (unpaired) electrons. The van der Waals surface area contributed by atoms with Crippen molar-refractivity contribution in [3.8, 4) is 5.75 Å². The quantitative estimate of drug-likeness (QED) is 0.617. The molecule has 21 heavy (non-hydrogen) atoms. The SMILES string of the molecule is COC(=O)CCCNC(=O)COc1c(C)cc(C)cc1C. The van der Waals surface area contributed by atoms with Gasteiger partial charge in [-0.25, -0.2) is 0 Å². The number of hydrogen-bond donors (Lipinski definition) is 1. The molecule has 1 N–H and O–H groups in total. The van der Waals surface area contributed by atoms with Gasteiger partial charge in [-0.05, 0) is 38.3 Å². The number of amides is 1. The van der Waals surface area contributed by atoms with Crippen molar-refractivity contribution in [2.75, 3.05) is 20.3 Å². The Morgan fingerprint density at radius 2 is 1.76 bits per heavy atom. The Hall–Kier alpha value is -2.04. The van der Waals surface area contributed by atoms with E-state index in [0.29, 0.717) is 19.4 Å². The van der Waals surface area contributed by atoms with Crippen molar-refractivity contribution < 1.29 is 19.1 Å². The van der Waals surface area contributed by atoms with Crippen LogP contribution in [-0.4, -0.2) is 32.1 Å². The smallest absolute Gasteiger partial charge is 0.305 e. The second-order valence-corrected chi connectivity index (χ2v) is 5.05. The van der Waals surface area contributed by atoms with Gasteiger partial charge in [0.2, 0.25) is 0 Å². The van der Waals surface area contributed by atoms with Crippen LogP contribution in [0.1, 0.15) is 29.5 Å². The number of ether oxygens (including phenoxy) is 2. The number of aryl methyl sites for hydroxylation is 3. The third-order valence-corrected chi connectivity index (χ3v) is 3.06. The Bertz CT molecular complexity index is 488. The van der Waals surface area contributed by atoms with Gasteiger partial charge < -0.3 is 14.8 Å². The predicted octanol–water partition coefficient (Wildman–Crippen LogP) is 2.06. The highest BCUT2D eigenvalue weighted by molar-refractivity contribution is 5.77. The van der Waals surface area contributed by atoms with Crippen molar-refractivity contribution in [1.82, 2.24) is 5.32 Å². The minimum Gasteiger partial charge on any atom is -0.483 e. The second-order valence-electron chi connectivity index (χ2n) is 5.05. The molecule has 5 heteroatoms. The molecule has 0 aliphatic rings. The number of nitrogens with one attached hydrogen (secondary N) is 1. The molecule has 116 valence electrons. The first kappa shape index (κ1) is 17.0. The summed E-state index contributed by atoms with van der Waals surface area (Å²) in [6.45, 7) is 6.36. The molecule has 0 saturated heterocycles. The first-order valence-electron chi connectivity index (χ1n) is 6.98. The van der Waals surface area contributed by atoms with Gasteiger partial charge in [0.15, 0.2) is 6.61 Å². The Balaban J connectivity index is 2.35. The summed E-state index contributed by atoms with van der Waals surface area (Å²) in [5.74, 6) is 0.288. The Kier molecular flexibility index (Phi) is 6.72. The molecular weight excluding hydrogens is 270 g/mol. The fourth-order valence-electron chi connectivity index (χ4n) is 2.15. The van der Waals surface area contributed by atoms with Crippen LogP contribution < -0.4 is 10.1 Å². The third-order valence-electron chi connectivity index (χ3n) is 3.06. The molecule has 1 aromatic carbocycles. The van der Waals surface area contributed by atoms with Gasteiger partial charge in [-0.15, -0.1) is 0 Å². The summed E-state index contributed by atoms with van der Waals surface area (Å²) in [6, 6.07) is 4.05. The van der Waals surface area contributed by atoms with Gasteiger partial charge >= 0.3 is 5.97 Å². The number of carbonyl (C=O) groups is 2. The van der Waals surface area contributed by atoms with E-state index in [1.54, 1.807) is 0 Å². The van der Waals surface area contributed by atoms with E-state index in [0.717, 1.165) is 16.9 Å². The van der Waals surface area contributed by atoms with E-state index in [4.69, 9.17) is 4.74 Å². The molecule has 0 unspecified atom stereocenters. The van der Waals surface area contributed by atoms with Gasteiger partial charge in [0.1, 0.15) is 5.75 Å². The van der Waals surface area contributed by atoms with Crippen LogP contribution in [0.4, 0.5) is 0 Å². The summed E-state index contributed by atoms with van der Waals surface area (Å²) in [6.07, 6.45) is 0.856. The van der Waals surface area contributed by atoms with Gasteiger partial charge in [-0.2, -0.15) is 0 Å². The van der Waals surface area contributed by atoms with Gasteiger partial charge in [0.25, 0.3) is 5.91 Å². The Morgan fingerprint density at radius 1 is 1.14 bits per heavy atom. The average Bonchev–Trinajstić information content (AvgIpc) is 2.42. The van der Waals surface area contributed by atoms with Gasteiger partial charge in [0, 0.05) is 13.0 Å².